The fraction of sp³-hybridized carbons (Fsp3) is 0.385. The van der Waals surface area contributed by atoms with Crippen LogP contribution in [0.4, 0.5) is 4.79 Å². The van der Waals surface area contributed by atoms with Crippen molar-refractivity contribution in [3.8, 4) is 11.1 Å². The lowest BCUT2D eigenvalue weighted by molar-refractivity contribution is -0.153. The molecule has 0 aromatic heterocycles. The van der Waals surface area contributed by atoms with Gasteiger partial charge < -0.3 is 19.9 Å². The lowest BCUT2D eigenvalue weighted by Gasteiger charge is -2.27. The van der Waals surface area contributed by atoms with Gasteiger partial charge in [-0.05, 0) is 42.0 Å². The quantitative estimate of drug-likeness (QED) is 0.391. The van der Waals surface area contributed by atoms with Gasteiger partial charge in [0.25, 0.3) is 5.91 Å². The molecule has 1 saturated carbocycles. The highest BCUT2D eigenvalue weighted by atomic mass is 16.6. The van der Waals surface area contributed by atoms with Crippen LogP contribution >= 0.6 is 0 Å². The Labute approximate surface area is 202 Å². The summed E-state index contributed by atoms with van der Waals surface area (Å²) in [5.74, 6) is -3.30. The van der Waals surface area contributed by atoms with Crippen molar-refractivity contribution in [2.24, 2.45) is 0 Å². The Morgan fingerprint density at radius 1 is 0.971 bits per heavy atom. The summed E-state index contributed by atoms with van der Waals surface area (Å²) in [6, 6.07) is 14.0. The second-order valence-electron chi connectivity index (χ2n) is 8.74. The zero-order valence-corrected chi connectivity index (χ0v) is 19.4. The summed E-state index contributed by atoms with van der Waals surface area (Å²) in [6.07, 6.45) is 0.784. The van der Waals surface area contributed by atoms with Crippen molar-refractivity contribution in [1.82, 2.24) is 10.6 Å². The first-order valence-electron chi connectivity index (χ1n) is 11.7. The molecular formula is C26H28N2O7. The van der Waals surface area contributed by atoms with E-state index in [4.69, 9.17) is 9.47 Å². The normalized spacial score (nSPS) is 16.5. The Morgan fingerprint density at radius 2 is 1.54 bits per heavy atom. The van der Waals surface area contributed by atoms with E-state index < -0.39 is 35.5 Å². The molecule has 2 aliphatic rings. The van der Waals surface area contributed by atoms with Gasteiger partial charge in [-0.3, -0.25) is 10.1 Å². The van der Waals surface area contributed by atoms with Gasteiger partial charge in [0.1, 0.15) is 12.1 Å². The van der Waals surface area contributed by atoms with Crippen molar-refractivity contribution in [1.29, 1.82) is 0 Å². The summed E-state index contributed by atoms with van der Waals surface area (Å²) in [5, 5.41) is 14.4. The molecule has 2 aromatic rings. The number of fused-ring (bicyclic) bond motifs is 3. The number of carbonyl (C=O) groups excluding carboxylic acids is 3. The van der Waals surface area contributed by atoms with Gasteiger partial charge in [-0.2, -0.15) is 0 Å². The highest BCUT2D eigenvalue weighted by Gasteiger charge is 2.45. The van der Waals surface area contributed by atoms with E-state index in [1.807, 2.05) is 48.5 Å². The standard InChI is InChI=1S/C26H28N2O7/c1-2-34-23(30)21(22(29)28-26(24(31)32)13-7-8-14-26)27-25(33)35-15-20-18-11-5-3-9-16(18)17-10-4-6-12-19(17)20/h3-6,9-12,20-21H,2,7-8,13-15H2,1H3,(H,27,33)(H,28,29)(H,31,32). The summed E-state index contributed by atoms with van der Waals surface area (Å²) in [5.41, 5.74) is 2.70. The molecule has 0 bridgehead atoms. The summed E-state index contributed by atoms with van der Waals surface area (Å²) >= 11 is 0. The third-order valence-electron chi connectivity index (χ3n) is 6.62. The zero-order valence-electron chi connectivity index (χ0n) is 19.4. The molecule has 184 valence electrons. The topological polar surface area (TPSA) is 131 Å². The first-order valence-corrected chi connectivity index (χ1v) is 11.7. The molecule has 0 aliphatic heterocycles. The van der Waals surface area contributed by atoms with Crippen LogP contribution < -0.4 is 10.6 Å². The molecule has 1 atom stereocenters. The van der Waals surface area contributed by atoms with Crippen molar-refractivity contribution in [2.45, 2.75) is 50.1 Å². The van der Waals surface area contributed by atoms with Gasteiger partial charge in [0, 0.05) is 5.92 Å². The number of carboxylic acids is 1. The van der Waals surface area contributed by atoms with Gasteiger partial charge in [0.2, 0.25) is 6.04 Å². The number of nitrogens with one attached hydrogen (secondary N) is 2. The predicted octanol–water partition coefficient (Wildman–Crippen LogP) is 2.97. The highest BCUT2D eigenvalue weighted by molar-refractivity contribution is 6.05. The fourth-order valence-corrected chi connectivity index (χ4v) is 4.89. The molecule has 0 heterocycles. The number of rotatable bonds is 8. The largest absolute Gasteiger partial charge is 0.480 e. The van der Waals surface area contributed by atoms with Crippen molar-refractivity contribution in [3.05, 3.63) is 59.7 Å². The second kappa shape index (κ2) is 10.2. The number of hydrogen-bond donors (Lipinski definition) is 3. The lowest BCUT2D eigenvalue weighted by Crippen LogP contribution is -2.60. The molecule has 4 rings (SSSR count). The van der Waals surface area contributed by atoms with Crippen LogP contribution in [0.5, 0.6) is 0 Å². The third kappa shape index (κ3) is 4.84. The van der Waals surface area contributed by atoms with Crippen LogP contribution in [0.15, 0.2) is 48.5 Å². The molecule has 35 heavy (non-hydrogen) atoms. The van der Waals surface area contributed by atoms with E-state index in [0.29, 0.717) is 12.8 Å². The molecule has 9 nitrogen and oxygen atoms in total. The Balaban J connectivity index is 1.46. The van der Waals surface area contributed by atoms with Crippen LogP contribution in [-0.4, -0.2) is 53.8 Å². The number of amides is 2. The maximum absolute atomic E-state index is 12.9. The van der Waals surface area contributed by atoms with Gasteiger partial charge in [0.05, 0.1) is 6.61 Å². The molecule has 2 aliphatic carbocycles. The number of carboxylic acid groups (broad SMARTS) is 1. The Morgan fingerprint density at radius 3 is 2.09 bits per heavy atom. The molecule has 0 saturated heterocycles. The van der Waals surface area contributed by atoms with Crippen molar-refractivity contribution in [2.75, 3.05) is 13.2 Å². The van der Waals surface area contributed by atoms with Crippen molar-refractivity contribution < 1.29 is 33.8 Å². The van der Waals surface area contributed by atoms with E-state index in [1.165, 1.54) is 0 Å². The van der Waals surface area contributed by atoms with Crippen LogP contribution in [0.1, 0.15) is 49.7 Å². The number of hydrogen-bond acceptors (Lipinski definition) is 6. The lowest BCUT2D eigenvalue weighted by atomic mass is 9.97. The molecular weight excluding hydrogens is 452 g/mol. The van der Waals surface area contributed by atoms with Gasteiger partial charge in [-0.15, -0.1) is 0 Å². The first-order chi connectivity index (χ1) is 16.9. The molecule has 1 fully saturated rings. The maximum atomic E-state index is 12.9. The van der Waals surface area contributed by atoms with Crippen LogP contribution in [0.25, 0.3) is 11.1 Å². The average molecular weight is 481 g/mol. The second-order valence-corrected chi connectivity index (χ2v) is 8.74. The van der Waals surface area contributed by atoms with Crippen LogP contribution in [-0.2, 0) is 23.9 Å². The number of benzene rings is 2. The molecule has 9 heteroatoms. The number of ether oxygens (including phenoxy) is 2. The zero-order chi connectivity index (χ0) is 25.0. The minimum atomic E-state index is -1.73. The Kier molecular flexibility index (Phi) is 7.04. The number of esters is 1. The molecule has 0 spiro atoms. The van der Waals surface area contributed by atoms with E-state index >= 15 is 0 Å². The van der Waals surface area contributed by atoms with Gasteiger partial charge in [-0.25, -0.2) is 14.4 Å². The monoisotopic (exact) mass is 480 g/mol. The number of aliphatic carboxylic acids is 1. The smallest absolute Gasteiger partial charge is 0.408 e. The maximum Gasteiger partial charge on any atom is 0.408 e. The summed E-state index contributed by atoms with van der Waals surface area (Å²) < 4.78 is 10.4. The van der Waals surface area contributed by atoms with E-state index in [0.717, 1.165) is 22.3 Å². The number of alkyl carbamates (subject to hydrolysis) is 1. The summed E-state index contributed by atoms with van der Waals surface area (Å²) in [4.78, 5) is 49.8. The molecule has 3 N–H and O–H groups in total. The van der Waals surface area contributed by atoms with Gasteiger partial charge in [-0.1, -0.05) is 61.4 Å². The molecule has 0 radical (unpaired) electrons. The Bertz CT molecular complexity index is 1090. The van der Waals surface area contributed by atoms with Crippen molar-refractivity contribution in [3.63, 3.8) is 0 Å². The van der Waals surface area contributed by atoms with E-state index in [2.05, 4.69) is 10.6 Å². The van der Waals surface area contributed by atoms with E-state index in [1.54, 1.807) is 6.92 Å². The fourth-order valence-electron chi connectivity index (χ4n) is 4.89. The number of carbonyl (C=O) groups is 4. The van der Waals surface area contributed by atoms with Gasteiger partial charge in [0.15, 0.2) is 0 Å². The minimum Gasteiger partial charge on any atom is -0.480 e. The SMILES string of the molecule is CCOC(=O)C(NC(=O)OCC1c2ccccc2-c2ccccc21)C(=O)NC1(C(=O)O)CCCC1. The Hall–Kier alpha value is -3.88. The highest BCUT2D eigenvalue weighted by Crippen LogP contribution is 2.44. The van der Waals surface area contributed by atoms with Gasteiger partial charge >= 0.3 is 18.0 Å². The first kappa shape index (κ1) is 24.3. The predicted molar refractivity (Wildman–Crippen MR) is 126 cm³/mol. The average Bonchev–Trinajstić information content (AvgIpc) is 3.45. The molecule has 1 unspecified atom stereocenters. The molecule has 2 aromatic carbocycles. The minimum absolute atomic E-state index is 0.00388. The summed E-state index contributed by atoms with van der Waals surface area (Å²) in [6.45, 7) is 1.55. The van der Waals surface area contributed by atoms with Crippen molar-refractivity contribution >= 4 is 23.9 Å². The summed E-state index contributed by atoms with van der Waals surface area (Å²) in [7, 11) is 0. The van der Waals surface area contributed by atoms with Crippen LogP contribution in [0.3, 0.4) is 0 Å². The van der Waals surface area contributed by atoms with E-state index in [-0.39, 0.29) is 32.0 Å². The van der Waals surface area contributed by atoms with E-state index in [9.17, 15) is 24.3 Å². The molecule has 2 amide bonds. The third-order valence-corrected chi connectivity index (χ3v) is 6.62. The van der Waals surface area contributed by atoms with Crippen LogP contribution in [0, 0.1) is 0 Å². The van der Waals surface area contributed by atoms with Crippen LogP contribution in [0.2, 0.25) is 0 Å².